The minimum absolute atomic E-state index is 0.0136. The summed E-state index contributed by atoms with van der Waals surface area (Å²) in [7, 11) is 0. The molecular weight excluding hydrogens is 404 g/mol. The Morgan fingerprint density at radius 2 is 1.73 bits per heavy atom. The lowest BCUT2D eigenvalue weighted by molar-refractivity contribution is -0.152. The molecule has 1 N–H and O–H groups in total. The van der Waals surface area contributed by atoms with Crippen LogP contribution in [0, 0.1) is 34.5 Å². The SMILES string of the molecule is CC(C)(C)O[C@@H]1CC[C@@]2(C)[C@@H](CC[C@@H]3[C@@H]2CC[C@]2(C)[C@@H](c4ccc5cn[nH]c5c4)CC[C@@H]32)C1. The predicted molar refractivity (Wildman–Crippen MR) is 135 cm³/mol. The molecule has 1 aromatic carbocycles. The van der Waals surface area contributed by atoms with Crippen molar-refractivity contribution in [1.82, 2.24) is 10.2 Å². The minimum Gasteiger partial charge on any atom is -0.373 e. The second-order valence-corrected chi connectivity index (χ2v) is 13.7. The summed E-state index contributed by atoms with van der Waals surface area (Å²) >= 11 is 0. The van der Waals surface area contributed by atoms with Gasteiger partial charge in [0.25, 0.3) is 0 Å². The highest BCUT2D eigenvalue weighted by Crippen LogP contribution is 2.69. The highest BCUT2D eigenvalue weighted by molar-refractivity contribution is 5.78. The van der Waals surface area contributed by atoms with Crippen LogP contribution in [0.3, 0.4) is 0 Å². The van der Waals surface area contributed by atoms with Gasteiger partial charge in [0, 0.05) is 5.39 Å². The quantitative estimate of drug-likeness (QED) is 0.507. The van der Waals surface area contributed by atoms with E-state index >= 15 is 0 Å². The van der Waals surface area contributed by atoms with E-state index in [9.17, 15) is 0 Å². The summed E-state index contributed by atoms with van der Waals surface area (Å²) in [4.78, 5) is 0. The molecule has 3 heteroatoms. The van der Waals surface area contributed by atoms with Crippen molar-refractivity contribution in [1.29, 1.82) is 0 Å². The van der Waals surface area contributed by atoms with Gasteiger partial charge < -0.3 is 4.74 Å². The maximum Gasteiger partial charge on any atom is 0.0653 e. The zero-order valence-corrected chi connectivity index (χ0v) is 21.5. The van der Waals surface area contributed by atoms with Gasteiger partial charge in [0.2, 0.25) is 0 Å². The molecule has 0 unspecified atom stereocenters. The van der Waals surface area contributed by atoms with Gasteiger partial charge in [-0.2, -0.15) is 5.10 Å². The Labute approximate surface area is 200 Å². The Hall–Kier alpha value is -1.35. The van der Waals surface area contributed by atoms with E-state index in [4.69, 9.17) is 4.74 Å². The molecule has 2 aromatic rings. The number of ether oxygens (including phenoxy) is 1. The Kier molecular flexibility index (Phi) is 5.08. The molecule has 8 atom stereocenters. The van der Waals surface area contributed by atoms with Crippen LogP contribution in [0.4, 0.5) is 0 Å². The number of fused-ring (bicyclic) bond motifs is 6. The van der Waals surface area contributed by atoms with Crippen LogP contribution >= 0.6 is 0 Å². The van der Waals surface area contributed by atoms with Gasteiger partial charge in [0.15, 0.2) is 0 Å². The molecule has 33 heavy (non-hydrogen) atoms. The monoisotopic (exact) mass is 448 g/mol. The van der Waals surface area contributed by atoms with Crippen molar-refractivity contribution in [3.8, 4) is 0 Å². The van der Waals surface area contributed by atoms with Crippen LogP contribution in [0.15, 0.2) is 24.4 Å². The molecule has 0 bridgehead atoms. The smallest absolute Gasteiger partial charge is 0.0653 e. The summed E-state index contributed by atoms with van der Waals surface area (Å²) in [5, 5.41) is 8.70. The van der Waals surface area contributed by atoms with Crippen molar-refractivity contribution in [3.05, 3.63) is 30.0 Å². The summed E-state index contributed by atoms with van der Waals surface area (Å²) in [6.45, 7) is 12.0. The molecule has 0 radical (unpaired) electrons. The molecular formula is C30H44N2O. The number of aromatic nitrogens is 2. The second-order valence-electron chi connectivity index (χ2n) is 13.7. The molecule has 1 aromatic heterocycles. The summed E-state index contributed by atoms with van der Waals surface area (Å²) in [5.41, 5.74) is 3.74. The van der Waals surface area contributed by atoms with Gasteiger partial charge >= 0.3 is 0 Å². The van der Waals surface area contributed by atoms with Gasteiger partial charge in [-0.25, -0.2) is 0 Å². The highest BCUT2D eigenvalue weighted by atomic mass is 16.5. The van der Waals surface area contributed by atoms with Gasteiger partial charge in [-0.15, -0.1) is 0 Å². The van der Waals surface area contributed by atoms with Gasteiger partial charge in [-0.1, -0.05) is 26.0 Å². The Balaban J connectivity index is 1.23. The topological polar surface area (TPSA) is 37.9 Å². The van der Waals surface area contributed by atoms with Gasteiger partial charge in [-0.05, 0) is 131 Å². The van der Waals surface area contributed by atoms with E-state index in [-0.39, 0.29) is 5.60 Å². The van der Waals surface area contributed by atoms with Gasteiger partial charge in [-0.3, -0.25) is 5.10 Å². The van der Waals surface area contributed by atoms with E-state index in [0.717, 1.165) is 23.7 Å². The third kappa shape index (κ3) is 3.51. The molecule has 180 valence electrons. The fourth-order valence-corrected chi connectivity index (χ4v) is 9.54. The number of hydrogen-bond acceptors (Lipinski definition) is 2. The maximum atomic E-state index is 6.47. The van der Waals surface area contributed by atoms with Gasteiger partial charge in [0.1, 0.15) is 0 Å². The van der Waals surface area contributed by atoms with Crippen LogP contribution in [0.25, 0.3) is 10.9 Å². The lowest BCUT2D eigenvalue weighted by atomic mass is 9.44. The first-order chi connectivity index (χ1) is 15.7. The van der Waals surface area contributed by atoms with Crippen molar-refractivity contribution in [3.63, 3.8) is 0 Å². The number of H-pyrrole nitrogens is 1. The number of rotatable bonds is 2. The van der Waals surface area contributed by atoms with E-state index in [1.807, 2.05) is 6.20 Å². The number of hydrogen-bond donors (Lipinski definition) is 1. The predicted octanol–water partition coefficient (Wildman–Crippen LogP) is 7.87. The van der Waals surface area contributed by atoms with E-state index in [1.54, 1.807) is 5.56 Å². The van der Waals surface area contributed by atoms with Crippen molar-refractivity contribution in [2.24, 2.45) is 34.5 Å². The molecule has 4 fully saturated rings. The second kappa shape index (κ2) is 7.57. The number of nitrogens with zero attached hydrogens (tertiary/aromatic N) is 1. The van der Waals surface area contributed by atoms with E-state index in [1.165, 1.54) is 68.7 Å². The van der Waals surface area contributed by atoms with Crippen LogP contribution in [-0.2, 0) is 4.74 Å². The van der Waals surface area contributed by atoms with Crippen molar-refractivity contribution >= 4 is 10.9 Å². The van der Waals surface area contributed by atoms with E-state index < -0.39 is 0 Å². The average molecular weight is 449 g/mol. The summed E-state index contributed by atoms with van der Waals surface area (Å²) < 4.78 is 6.47. The Bertz CT molecular complexity index is 1020. The molecule has 0 saturated heterocycles. The minimum atomic E-state index is -0.0136. The van der Waals surface area contributed by atoms with Crippen molar-refractivity contribution < 1.29 is 4.74 Å². The number of aromatic amines is 1. The molecule has 0 spiro atoms. The molecule has 1 heterocycles. The average Bonchev–Trinajstić information content (AvgIpc) is 3.36. The maximum absolute atomic E-state index is 6.47. The van der Waals surface area contributed by atoms with Crippen LogP contribution in [0.1, 0.15) is 104 Å². The molecule has 0 amide bonds. The van der Waals surface area contributed by atoms with Gasteiger partial charge in [0.05, 0.1) is 23.4 Å². The zero-order valence-electron chi connectivity index (χ0n) is 21.5. The molecule has 3 nitrogen and oxygen atoms in total. The lowest BCUT2D eigenvalue weighted by Crippen LogP contribution is -2.54. The summed E-state index contributed by atoms with van der Waals surface area (Å²) in [5.74, 6) is 4.34. The Morgan fingerprint density at radius 3 is 2.55 bits per heavy atom. The van der Waals surface area contributed by atoms with Crippen LogP contribution in [0.2, 0.25) is 0 Å². The molecule has 6 rings (SSSR count). The van der Waals surface area contributed by atoms with Crippen LogP contribution in [-0.4, -0.2) is 21.9 Å². The van der Waals surface area contributed by atoms with Crippen LogP contribution in [0.5, 0.6) is 0 Å². The van der Waals surface area contributed by atoms with Crippen molar-refractivity contribution in [2.75, 3.05) is 0 Å². The normalized spacial score (nSPS) is 43.2. The molecule has 4 aliphatic carbocycles. The summed E-state index contributed by atoms with van der Waals surface area (Å²) in [6.07, 6.45) is 14.9. The first-order valence-electron chi connectivity index (χ1n) is 13.8. The number of benzene rings is 1. The highest BCUT2D eigenvalue weighted by Gasteiger charge is 2.60. The van der Waals surface area contributed by atoms with E-state index in [2.05, 4.69) is 63.0 Å². The standard InChI is InChI=1S/C30H44N2O/c1-28(2,3)33-22-12-14-29(4)21(17-22)8-9-23-25-11-10-24(30(25,5)15-13-26(23)29)19-6-7-20-18-31-32-27(20)16-19/h6-7,16,18,21-26H,8-15,17H2,1-5H3,(H,31,32)/t21-,22+,23-,24+,25-,26-,29-,30+/m0/s1. The third-order valence-corrected chi connectivity index (χ3v) is 11.0. The Morgan fingerprint density at radius 1 is 0.939 bits per heavy atom. The fraction of sp³-hybridized carbons (Fsp3) is 0.767. The largest absolute Gasteiger partial charge is 0.373 e. The fourth-order valence-electron chi connectivity index (χ4n) is 9.54. The lowest BCUT2D eigenvalue weighted by Gasteiger charge is -2.61. The summed E-state index contributed by atoms with van der Waals surface area (Å²) in [6, 6.07) is 7.08. The third-order valence-electron chi connectivity index (χ3n) is 11.0. The zero-order chi connectivity index (χ0) is 23.0. The van der Waals surface area contributed by atoms with Crippen molar-refractivity contribution in [2.45, 2.75) is 110 Å². The number of nitrogens with one attached hydrogen (secondary N) is 1. The molecule has 0 aliphatic heterocycles. The molecule has 4 saturated carbocycles. The first-order valence-corrected chi connectivity index (χ1v) is 13.8. The van der Waals surface area contributed by atoms with Crippen LogP contribution < -0.4 is 0 Å². The first kappa shape index (κ1) is 22.1. The van der Waals surface area contributed by atoms with E-state index in [0.29, 0.717) is 22.9 Å². The molecule has 4 aliphatic rings.